The second kappa shape index (κ2) is 5.29. The SMILES string of the molecule is COc1cnn(C)c1C(=O)CC1COCCN1. The Balaban J connectivity index is 2.05. The summed E-state index contributed by atoms with van der Waals surface area (Å²) in [5, 5.41) is 7.27. The number of methoxy groups -OCH3 is 1. The van der Waals surface area contributed by atoms with E-state index in [9.17, 15) is 4.79 Å². The van der Waals surface area contributed by atoms with Crippen LogP contribution in [0.3, 0.4) is 0 Å². The molecule has 2 heterocycles. The first-order chi connectivity index (χ1) is 8.22. The molecular formula is C11H17N3O3. The zero-order valence-electron chi connectivity index (χ0n) is 10.1. The topological polar surface area (TPSA) is 65.4 Å². The number of hydrogen-bond acceptors (Lipinski definition) is 5. The van der Waals surface area contributed by atoms with E-state index in [1.807, 2.05) is 0 Å². The van der Waals surface area contributed by atoms with Crippen molar-refractivity contribution in [3.05, 3.63) is 11.9 Å². The molecule has 0 bridgehead atoms. The molecule has 1 aliphatic rings. The molecule has 0 radical (unpaired) electrons. The van der Waals surface area contributed by atoms with Gasteiger partial charge in [-0.3, -0.25) is 9.48 Å². The van der Waals surface area contributed by atoms with Crippen molar-refractivity contribution >= 4 is 5.78 Å². The molecule has 6 heteroatoms. The van der Waals surface area contributed by atoms with Gasteiger partial charge in [-0.15, -0.1) is 0 Å². The molecule has 1 fully saturated rings. The molecule has 1 aromatic rings. The smallest absolute Gasteiger partial charge is 0.186 e. The van der Waals surface area contributed by atoms with Crippen molar-refractivity contribution in [3.63, 3.8) is 0 Å². The van der Waals surface area contributed by atoms with E-state index < -0.39 is 0 Å². The summed E-state index contributed by atoms with van der Waals surface area (Å²) >= 11 is 0. The van der Waals surface area contributed by atoms with E-state index in [-0.39, 0.29) is 11.8 Å². The van der Waals surface area contributed by atoms with Crippen LogP contribution in [-0.2, 0) is 11.8 Å². The predicted molar refractivity (Wildman–Crippen MR) is 61.3 cm³/mol. The summed E-state index contributed by atoms with van der Waals surface area (Å²) in [4.78, 5) is 12.1. The fraction of sp³-hybridized carbons (Fsp3) is 0.636. The maximum Gasteiger partial charge on any atom is 0.186 e. The Hall–Kier alpha value is -1.40. The molecule has 1 N–H and O–H groups in total. The van der Waals surface area contributed by atoms with Crippen LogP contribution in [0.15, 0.2) is 6.20 Å². The molecule has 2 rings (SSSR count). The molecular weight excluding hydrogens is 222 g/mol. The lowest BCUT2D eigenvalue weighted by Crippen LogP contribution is -2.42. The number of aryl methyl sites for hydroxylation is 1. The molecule has 1 atom stereocenters. The molecule has 1 saturated heterocycles. The zero-order valence-corrected chi connectivity index (χ0v) is 10.1. The minimum Gasteiger partial charge on any atom is -0.493 e. The molecule has 0 amide bonds. The van der Waals surface area contributed by atoms with Crippen LogP contribution in [0.4, 0.5) is 0 Å². The second-order valence-electron chi connectivity index (χ2n) is 4.04. The minimum absolute atomic E-state index is 0.0184. The average Bonchev–Trinajstić information content (AvgIpc) is 2.71. The summed E-state index contributed by atoms with van der Waals surface area (Å²) in [6.45, 7) is 2.08. The van der Waals surface area contributed by atoms with Crippen molar-refractivity contribution in [1.29, 1.82) is 0 Å². The Morgan fingerprint density at radius 2 is 2.59 bits per heavy atom. The number of ketones is 1. The van der Waals surface area contributed by atoms with E-state index in [4.69, 9.17) is 9.47 Å². The molecule has 1 unspecified atom stereocenters. The van der Waals surface area contributed by atoms with E-state index >= 15 is 0 Å². The number of nitrogens with zero attached hydrogens (tertiary/aromatic N) is 2. The third kappa shape index (κ3) is 2.65. The molecule has 17 heavy (non-hydrogen) atoms. The van der Waals surface area contributed by atoms with E-state index in [0.29, 0.717) is 31.1 Å². The maximum absolute atomic E-state index is 12.1. The molecule has 0 aliphatic carbocycles. The number of Topliss-reactive ketones (excluding diaryl/α,β-unsaturated/α-hetero) is 1. The van der Waals surface area contributed by atoms with Crippen LogP contribution < -0.4 is 10.1 Å². The summed E-state index contributed by atoms with van der Waals surface area (Å²) in [5.74, 6) is 0.541. The van der Waals surface area contributed by atoms with Gasteiger partial charge < -0.3 is 14.8 Å². The number of carbonyl (C=O) groups excluding carboxylic acids is 1. The lowest BCUT2D eigenvalue weighted by atomic mass is 10.1. The van der Waals surface area contributed by atoms with Crippen molar-refractivity contribution < 1.29 is 14.3 Å². The molecule has 6 nitrogen and oxygen atoms in total. The molecule has 0 spiro atoms. The minimum atomic E-state index is 0.0184. The van der Waals surface area contributed by atoms with Gasteiger partial charge in [-0.2, -0.15) is 5.10 Å². The average molecular weight is 239 g/mol. The molecule has 0 saturated carbocycles. The Morgan fingerprint density at radius 1 is 1.76 bits per heavy atom. The number of carbonyl (C=O) groups is 1. The van der Waals surface area contributed by atoms with Gasteiger partial charge in [0.2, 0.25) is 0 Å². The summed E-state index contributed by atoms with van der Waals surface area (Å²) < 4.78 is 12.0. The van der Waals surface area contributed by atoms with Gasteiger partial charge in [0.15, 0.2) is 11.5 Å². The number of rotatable bonds is 4. The first-order valence-electron chi connectivity index (χ1n) is 5.62. The maximum atomic E-state index is 12.1. The normalized spacial score (nSPS) is 20.2. The zero-order chi connectivity index (χ0) is 12.3. The van der Waals surface area contributed by atoms with Crippen LogP contribution >= 0.6 is 0 Å². The van der Waals surface area contributed by atoms with Crippen LogP contribution in [0.5, 0.6) is 5.75 Å². The Morgan fingerprint density at radius 3 is 3.24 bits per heavy atom. The monoisotopic (exact) mass is 239 g/mol. The van der Waals surface area contributed by atoms with Gasteiger partial charge in [0.05, 0.1) is 26.5 Å². The van der Waals surface area contributed by atoms with Gasteiger partial charge in [0.25, 0.3) is 0 Å². The Labute approximate surface area is 99.9 Å². The number of aromatic nitrogens is 2. The van der Waals surface area contributed by atoms with Crippen LogP contribution in [0.2, 0.25) is 0 Å². The van der Waals surface area contributed by atoms with Gasteiger partial charge in [0, 0.05) is 26.1 Å². The highest BCUT2D eigenvalue weighted by molar-refractivity contribution is 5.97. The summed E-state index contributed by atoms with van der Waals surface area (Å²) in [6, 6.07) is 0.0795. The van der Waals surface area contributed by atoms with Gasteiger partial charge in [0.1, 0.15) is 5.69 Å². The third-order valence-electron chi connectivity index (χ3n) is 2.82. The van der Waals surface area contributed by atoms with Crippen LogP contribution in [-0.4, -0.2) is 48.5 Å². The van der Waals surface area contributed by atoms with Gasteiger partial charge in [-0.05, 0) is 0 Å². The van der Waals surface area contributed by atoms with Crippen molar-refractivity contribution in [2.75, 3.05) is 26.9 Å². The van der Waals surface area contributed by atoms with Crippen molar-refractivity contribution in [3.8, 4) is 5.75 Å². The first-order valence-corrected chi connectivity index (χ1v) is 5.62. The molecule has 0 aromatic carbocycles. The van der Waals surface area contributed by atoms with Crippen molar-refractivity contribution in [1.82, 2.24) is 15.1 Å². The quantitative estimate of drug-likeness (QED) is 0.749. The first kappa shape index (κ1) is 12.1. The van der Waals surface area contributed by atoms with Crippen molar-refractivity contribution in [2.45, 2.75) is 12.5 Å². The van der Waals surface area contributed by atoms with Crippen LogP contribution in [0, 0.1) is 0 Å². The number of hydrogen-bond donors (Lipinski definition) is 1. The Kier molecular flexibility index (Phi) is 3.75. The van der Waals surface area contributed by atoms with Crippen molar-refractivity contribution in [2.24, 2.45) is 7.05 Å². The lowest BCUT2D eigenvalue weighted by Gasteiger charge is -2.23. The fourth-order valence-corrected chi connectivity index (χ4v) is 1.96. The standard InChI is InChI=1S/C11H17N3O3/c1-14-11(10(16-2)6-13-14)9(15)5-8-7-17-4-3-12-8/h6,8,12H,3-5,7H2,1-2H3. The summed E-state index contributed by atoms with van der Waals surface area (Å²) in [7, 11) is 3.27. The lowest BCUT2D eigenvalue weighted by molar-refractivity contribution is 0.0671. The van der Waals surface area contributed by atoms with E-state index in [1.165, 1.54) is 7.11 Å². The predicted octanol–water partition coefficient (Wildman–Crippen LogP) is -0.0101. The highest BCUT2D eigenvalue weighted by Gasteiger charge is 2.22. The largest absolute Gasteiger partial charge is 0.493 e. The van der Waals surface area contributed by atoms with Crippen LogP contribution in [0.1, 0.15) is 16.9 Å². The van der Waals surface area contributed by atoms with Gasteiger partial charge >= 0.3 is 0 Å². The number of ether oxygens (including phenoxy) is 2. The van der Waals surface area contributed by atoms with E-state index in [2.05, 4.69) is 10.4 Å². The number of nitrogens with one attached hydrogen (secondary N) is 1. The summed E-state index contributed by atoms with van der Waals surface area (Å²) in [5.41, 5.74) is 0.514. The molecule has 94 valence electrons. The highest BCUT2D eigenvalue weighted by Crippen LogP contribution is 2.19. The summed E-state index contributed by atoms with van der Waals surface area (Å²) in [6.07, 6.45) is 1.95. The van der Waals surface area contributed by atoms with Gasteiger partial charge in [-0.25, -0.2) is 0 Å². The Bertz CT molecular complexity index is 397. The van der Waals surface area contributed by atoms with Crippen LogP contribution in [0.25, 0.3) is 0 Å². The van der Waals surface area contributed by atoms with E-state index in [1.54, 1.807) is 17.9 Å². The molecule has 1 aromatic heterocycles. The highest BCUT2D eigenvalue weighted by atomic mass is 16.5. The second-order valence-corrected chi connectivity index (χ2v) is 4.04. The fourth-order valence-electron chi connectivity index (χ4n) is 1.96. The molecule has 1 aliphatic heterocycles. The third-order valence-corrected chi connectivity index (χ3v) is 2.82. The van der Waals surface area contributed by atoms with E-state index in [0.717, 1.165) is 6.54 Å². The van der Waals surface area contributed by atoms with Gasteiger partial charge in [-0.1, -0.05) is 0 Å². The number of morpholine rings is 1.